The van der Waals surface area contributed by atoms with Gasteiger partial charge in [-0.25, -0.2) is 0 Å². The van der Waals surface area contributed by atoms with Gasteiger partial charge in [-0.15, -0.1) is 0 Å². The number of nitriles is 1. The van der Waals surface area contributed by atoms with Crippen LogP contribution in [0.3, 0.4) is 0 Å². The Morgan fingerprint density at radius 3 is 0.819 bits per heavy atom. The summed E-state index contributed by atoms with van der Waals surface area (Å²) in [4.78, 5) is 0. The van der Waals surface area contributed by atoms with Crippen LogP contribution in [0.1, 0.15) is 16.7 Å². The molecule has 6 aromatic heterocycles. The molecule has 6 heterocycles. The normalized spacial score (nSPS) is 12.6. The van der Waals surface area contributed by atoms with Crippen LogP contribution >= 0.6 is 0 Å². The molecule has 0 saturated heterocycles. The SMILES string of the molecule is N#Cc1c(-n2c3ccccc3c3ccc4c5ccccc5n(-c5ccccc5)c4c32)c(-n2c3ccccc3c3ccc(C(F)(F)F)cc32)cc(-n2c3ccccc3c3ccc(C(F)(F)F)cc32)c1-n1c2ccccc2c2ccc3c4ccccc4n(-c4ccccc4)c3c21. The molecule has 7 nitrogen and oxygen atoms in total. The smallest absolute Gasteiger partial charge is 0.307 e. The van der Waals surface area contributed by atoms with Crippen molar-refractivity contribution in [3.8, 4) is 40.2 Å². The van der Waals surface area contributed by atoms with E-state index in [9.17, 15) is 5.26 Å². The molecule has 0 spiro atoms. The fourth-order valence-electron chi connectivity index (χ4n) is 15.5. The van der Waals surface area contributed by atoms with Crippen LogP contribution in [0.2, 0.25) is 0 Å². The van der Waals surface area contributed by atoms with Crippen molar-refractivity contribution < 1.29 is 26.3 Å². The highest BCUT2D eigenvalue weighted by Gasteiger charge is 2.36. The number of fused-ring (bicyclic) bond motifs is 20. The van der Waals surface area contributed by atoms with Gasteiger partial charge < -0.3 is 27.4 Å². The van der Waals surface area contributed by atoms with Gasteiger partial charge in [0.1, 0.15) is 11.6 Å². The van der Waals surface area contributed by atoms with Gasteiger partial charge in [-0.3, -0.25) is 0 Å². The number of halogens is 6. The number of para-hydroxylation sites is 8. The Kier molecular flexibility index (Phi) is 11.0. The summed E-state index contributed by atoms with van der Waals surface area (Å²) < 4.78 is 106. The van der Waals surface area contributed by atoms with E-state index in [0.717, 1.165) is 101 Å². The van der Waals surface area contributed by atoms with Crippen LogP contribution in [0.15, 0.2) is 273 Å². The number of hydrogen-bond acceptors (Lipinski definition) is 1. The number of hydrogen-bond donors (Lipinski definition) is 0. The van der Waals surface area contributed by atoms with E-state index in [1.165, 1.54) is 12.1 Å². The highest BCUT2D eigenvalue weighted by molar-refractivity contribution is 6.26. The van der Waals surface area contributed by atoms with Gasteiger partial charge in [0, 0.05) is 76.0 Å². The third kappa shape index (κ3) is 7.33. The summed E-state index contributed by atoms with van der Waals surface area (Å²) in [5.41, 5.74) is 8.85. The summed E-state index contributed by atoms with van der Waals surface area (Å²) in [7, 11) is 0. The summed E-state index contributed by atoms with van der Waals surface area (Å²) in [6, 6.07) is 88.1. The largest absolute Gasteiger partial charge is 0.416 e. The van der Waals surface area contributed by atoms with Gasteiger partial charge in [0.05, 0.1) is 100 Å². The standard InChI is InChI=1S/C81H45F6N7/c82-80(83,84)47-35-37-57-51-23-7-15-31-66(51)91(70(57)43-47)72-45-73(92-67-32-16-8-24-52(67)58-38-36-48(44-71(58)92)81(85,86)87)75(94-69-34-18-12-28-56(69)62-42-40-60-54-26-10-14-30-65(54)90(77(60)79(62)94)50-21-5-2-6-22-50)63(46-88)74(72)93-68-33-17-11-27-55(68)61-41-39-59-53-25-9-13-29-64(53)89(76(59)78(61)93)49-19-3-1-4-20-49/h1-45H. The molecule has 0 fully saturated rings. The number of aromatic nitrogens is 6. The second kappa shape index (κ2) is 19.4. The van der Waals surface area contributed by atoms with E-state index in [-0.39, 0.29) is 28.0 Å². The first-order valence-corrected chi connectivity index (χ1v) is 30.8. The Labute approximate surface area is 529 Å². The van der Waals surface area contributed by atoms with Gasteiger partial charge >= 0.3 is 12.4 Å². The Bertz CT molecular complexity index is 6140. The summed E-state index contributed by atoms with van der Waals surface area (Å²) in [5, 5.41) is 22.7. The van der Waals surface area contributed by atoms with E-state index < -0.39 is 23.5 Å². The molecule has 0 N–H and O–H groups in total. The molecule has 19 rings (SSSR count). The maximum Gasteiger partial charge on any atom is 0.416 e. The van der Waals surface area contributed by atoms with E-state index in [1.54, 1.807) is 0 Å². The molecule has 94 heavy (non-hydrogen) atoms. The lowest BCUT2D eigenvalue weighted by molar-refractivity contribution is -0.138. The minimum Gasteiger partial charge on any atom is -0.307 e. The average Bonchev–Trinajstić information content (AvgIpc) is 1.50. The molecule has 0 aliphatic rings. The van der Waals surface area contributed by atoms with Crippen molar-refractivity contribution in [1.82, 2.24) is 27.4 Å². The topological polar surface area (TPSA) is 53.4 Å². The van der Waals surface area contributed by atoms with Crippen molar-refractivity contribution in [2.24, 2.45) is 0 Å². The van der Waals surface area contributed by atoms with Gasteiger partial charge in [0.2, 0.25) is 0 Å². The molecule has 13 heteroatoms. The van der Waals surface area contributed by atoms with Crippen molar-refractivity contribution in [2.75, 3.05) is 0 Å². The van der Waals surface area contributed by atoms with Crippen LogP contribution in [0.4, 0.5) is 26.3 Å². The molecule has 13 aromatic carbocycles. The van der Waals surface area contributed by atoms with Crippen LogP contribution in [0.25, 0.3) is 165 Å². The lowest BCUT2D eigenvalue weighted by Gasteiger charge is -2.26. The van der Waals surface area contributed by atoms with Gasteiger partial charge in [0.25, 0.3) is 0 Å². The minimum absolute atomic E-state index is 0.0763. The molecular weight excluding hydrogens is 1180 g/mol. The van der Waals surface area contributed by atoms with Crippen molar-refractivity contribution >= 4 is 131 Å². The number of rotatable bonds is 6. The van der Waals surface area contributed by atoms with Gasteiger partial charge in [-0.05, 0) is 91.0 Å². The molecular formula is C81H45F6N7. The van der Waals surface area contributed by atoms with Crippen LogP contribution < -0.4 is 0 Å². The maximum absolute atomic E-state index is 15.6. The van der Waals surface area contributed by atoms with Gasteiger partial charge in [-0.1, -0.05) is 182 Å². The zero-order valence-electron chi connectivity index (χ0n) is 49.4. The predicted octanol–water partition coefficient (Wildman–Crippen LogP) is 22.2. The minimum atomic E-state index is -4.78. The fourth-order valence-corrected chi connectivity index (χ4v) is 15.5. The van der Waals surface area contributed by atoms with Crippen molar-refractivity contribution in [3.63, 3.8) is 0 Å². The third-order valence-electron chi connectivity index (χ3n) is 19.2. The van der Waals surface area contributed by atoms with E-state index in [0.29, 0.717) is 66.0 Å². The highest BCUT2D eigenvalue weighted by Crippen LogP contribution is 2.51. The summed E-state index contributed by atoms with van der Waals surface area (Å²) >= 11 is 0. The Hall–Kier alpha value is -12.3. The number of nitrogens with zero attached hydrogens (tertiary/aromatic N) is 7. The average molecular weight is 1230 g/mol. The van der Waals surface area contributed by atoms with E-state index >= 15 is 26.3 Å². The molecule has 0 saturated carbocycles. The van der Waals surface area contributed by atoms with Crippen molar-refractivity contribution in [2.45, 2.75) is 12.4 Å². The van der Waals surface area contributed by atoms with Crippen LogP contribution in [0, 0.1) is 11.3 Å². The van der Waals surface area contributed by atoms with Gasteiger partial charge in [-0.2, -0.15) is 31.6 Å². The van der Waals surface area contributed by atoms with Crippen molar-refractivity contribution in [3.05, 3.63) is 290 Å². The Morgan fingerprint density at radius 1 is 0.245 bits per heavy atom. The lowest BCUT2D eigenvalue weighted by atomic mass is 10.0. The molecule has 0 aliphatic heterocycles. The Morgan fingerprint density at radius 2 is 0.500 bits per heavy atom. The maximum atomic E-state index is 15.6. The second-order valence-electron chi connectivity index (χ2n) is 24.1. The fraction of sp³-hybridized carbons (Fsp3) is 0.0247. The molecule has 0 amide bonds. The molecule has 0 atom stereocenters. The number of alkyl halides is 6. The lowest BCUT2D eigenvalue weighted by Crippen LogP contribution is -2.14. The van der Waals surface area contributed by atoms with Crippen LogP contribution in [-0.2, 0) is 12.4 Å². The second-order valence-corrected chi connectivity index (χ2v) is 24.1. The Balaban J connectivity index is 1.13. The van der Waals surface area contributed by atoms with Gasteiger partial charge in [0.15, 0.2) is 0 Å². The van der Waals surface area contributed by atoms with E-state index in [4.69, 9.17) is 0 Å². The molecule has 0 aliphatic carbocycles. The number of benzene rings is 13. The summed E-state index contributed by atoms with van der Waals surface area (Å²) in [5.74, 6) is 0. The van der Waals surface area contributed by atoms with Crippen molar-refractivity contribution in [1.29, 1.82) is 5.26 Å². The zero-order valence-corrected chi connectivity index (χ0v) is 49.4. The van der Waals surface area contributed by atoms with E-state index in [2.05, 4.69) is 109 Å². The van der Waals surface area contributed by atoms with E-state index in [1.807, 2.05) is 161 Å². The molecule has 0 bridgehead atoms. The summed E-state index contributed by atoms with van der Waals surface area (Å²) in [6.07, 6.45) is -9.56. The first-order valence-electron chi connectivity index (χ1n) is 30.8. The quantitative estimate of drug-likeness (QED) is 0.153. The first kappa shape index (κ1) is 53.6. The third-order valence-corrected chi connectivity index (χ3v) is 19.2. The molecule has 446 valence electrons. The molecule has 19 aromatic rings. The highest BCUT2D eigenvalue weighted by atomic mass is 19.4. The van der Waals surface area contributed by atoms with Crippen LogP contribution in [0.5, 0.6) is 0 Å². The summed E-state index contributed by atoms with van der Waals surface area (Å²) in [6.45, 7) is 0. The molecule has 0 unspecified atom stereocenters. The zero-order chi connectivity index (χ0) is 63.0. The predicted molar refractivity (Wildman–Crippen MR) is 367 cm³/mol. The van der Waals surface area contributed by atoms with Crippen LogP contribution in [-0.4, -0.2) is 27.4 Å². The monoisotopic (exact) mass is 1230 g/mol. The first-order chi connectivity index (χ1) is 45.9. The molecule has 0 radical (unpaired) electrons.